The molecule has 1 aromatic carbocycles. The number of tetrazole rings is 1. The van der Waals surface area contributed by atoms with Crippen LogP contribution in [0.5, 0.6) is 0 Å². The summed E-state index contributed by atoms with van der Waals surface area (Å²) in [6, 6.07) is 10.2. The van der Waals surface area contributed by atoms with E-state index in [4.69, 9.17) is 4.74 Å². The molecule has 0 fully saturated rings. The number of nitrogens with one attached hydrogen (secondary N) is 1. The van der Waals surface area contributed by atoms with Gasteiger partial charge in [-0.15, -0.1) is 10.2 Å². The molecule has 0 saturated carbocycles. The highest BCUT2D eigenvalue weighted by atomic mass is 32.1. The molecule has 0 unspecified atom stereocenters. The highest BCUT2D eigenvalue weighted by molar-refractivity contribution is 7.08. The molecular weight excluding hydrogens is 390 g/mol. The molecule has 3 aromatic rings. The van der Waals surface area contributed by atoms with Crippen molar-refractivity contribution in [2.45, 2.75) is 32.7 Å². The Kier molecular flexibility index (Phi) is 7.07. The molecule has 0 atom stereocenters. The van der Waals surface area contributed by atoms with Gasteiger partial charge in [0, 0.05) is 17.5 Å². The molecular formula is C20H23N5O3S. The van der Waals surface area contributed by atoms with Gasteiger partial charge in [-0.25, -0.2) is 4.79 Å². The van der Waals surface area contributed by atoms with Gasteiger partial charge >= 0.3 is 5.97 Å². The Morgan fingerprint density at radius 2 is 2.00 bits per heavy atom. The first-order valence-corrected chi connectivity index (χ1v) is 10.3. The van der Waals surface area contributed by atoms with Crippen LogP contribution < -0.4 is 5.32 Å². The molecule has 2 aromatic heterocycles. The number of amides is 1. The Hall–Kier alpha value is -3.07. The van der Waals surface area contributed by atoms with Crippen LogP contribution in [0.3, 0.4) is 0 Å². The van der Waals surface area contributed by atoms with Crippen molar-refractivity contribution in [3.63, 3.8) is 0 Å². The number of rotatable bonds is 9. The van der Waals surface area contributed by atoms with Gasteiger partial charge in [0.05, 0.1) is 0 Å². The number of nitrogens with zero attached hydrogens (tertiary/aromatic N) is 4. The second-order valence-corrected chi connectivity index (χ2v) is 7.59. The number of benzene rings is 1. The lowest BCUT2D eigenvalue weighted by molar-refractivity contribution is -0.149. The van der Waals surface area contributed by atoms with Crippen LogP contribution in [0.15, 0.2) is 41.1 Å². The molecule has 8 nitrogen and oxygen atoms in total. The molecule has 29 heavy (non-hydrogen) atoms. The highest BCUT2D eigenvalue weighted by Gasteiger charge is 2.12. The fraction of sp³-hybridized carbons (Fsp3) is 0.350. The molecule has 1 N–H and O–H groups in total. The van der Waals surface area contributed by atoms with Gasteiger partial charge in [-0.05, 0) is 40.1 Å². The van der Waals surface area contributed by atoms with E-state index in [1.807, 2.05) is 16.8 Å². The van der Waals surface area contributed by atoms with Gasteiger partial charge in [-0.2, -0.15) is 16.1 Å². The van der Waals surface area contributed by atoms with Crippen LogP contribution in [0.4, 0.5) is 0 Å². The van der Waals surface area contributed by atoms with Gasteiger partial charge in [0.1, 0.15) is 0 Å². The molecule has 0 aliphatic heterocycles. The maximum absolute atomic E-state index is 11.9. The van der Waals surface area contributed by atoms with Crippen molar-refractivity contribution in [3.05, 3.63) is 52.2 Å². The quantitative estimate of drug-likeness (QED) is 0.541. The third kappa shape index (κ3) is 6.21. The number of hydrogen-bond donors (Lipinski definition) is 1. The van der Waals surface area contributed by atoms with E-state index in [1.165, 1.54) is 16.9 Å². The number of ether oxygens (including phenoxy) is 1. The van der Waals surface area contributed by atoms with Crippen LogP contribution in [0.1, 0.15) is 30.9 Å². The van der Waals surface area contributed by atoms with Crippen molar-refractivity contribution in [3.8, 4) is 11.4 Å². The molecule has 2 heterocycles. The van der Waals surface area contributed by atoms with E-state index in [-0.39, 0.29) is 19.1 Å². The Bertz CT molecular complexity index is 935. The van der Waals surface area contributed by atoms with Crippen LogP contribution in [-0.4, -0.2) is 45.2 Å². The average Bonchev–Trinajstić information content (AvgIpc) is 3.38. The monoisotopic (exact) mass is 413 g/mol. The number of aromatic nitrogens is 4. The smallest absolute Gasteiger partial charge is 0.330 e. The van der Waals surface area contributed by atoms with Crippen LogP contribution >= 0.6 is 11.3 Å². The Labute approximate surface area is 172 Å². The third-order valence-electron chi connectivity index (χ3n) is 4.25. The zero-order valence-corrected chi connectivity index (χ0v) is 17.2. The maximum Gasteiger partial charge on any atom is 0.330 e. The van der Waals surface area contributed by atoms with Crippen molar-refractivity contribution in [1.82, 2.24) is 25.5 Å². The van der Waals surface area contributed by atoms with E-state index in [0.29, 0.717) is 24.7 Å². The molecule has 0 spiro atoms. The van der Waals surface area contributed by atoms with E-state index >= 15 is 0 Å². The first-order chi connectivity index (χ1) is 14.0. The van der Waals surface area contributed by atoms with Gasteiger partial charge in [-0.1, -0.05) is 38.1 Å². The zero-order chi connectivity index (χ0) is 20.6. The van der Waals surface area contributed by atoms with Crippen molar-refractivity contribution in [2.24, 2.45) is 0 Å². The summed E-state index contributed by atoms with van der Waals surface area (Å²) in [5, 5.41) is 18.4. The SMILES string of the molecule is CC(C)c1ccc(CCNC(=O)COC(=O)Cn2nnc(-c3ccsc3)n2)cc1. The molecule has 0 aliphatic carbocycles. The predicted octanol–water partition coefficient (Wildman–Crippen LogP) is 2.43. The lowest BCUT2D eigenvalue weighted by Gasteiger charge is -2.08. The fourth-order valence-corrected chi connectivity index (χ4v) is 3.23. The van der Waals surface area contributed by atoms with Crippen molar-refractivity contribution < 1.29 is 14.3 Å². The van der Waals surface area contributed by atoms with Crippen LogP contribution in [-0.2, 0) is 27.3 Å². The maximum atomic E-state index is 11.9. The minimum atomic E-state index is -0.598. The predicted molar refractivity (Wildman–Crippen MR) is 109 cm³/mol. The number of carbonyl (C=O) groups is 2. The lowest BCUT2D eigenvalue weighted by Crippen LogP contribution is -2.31. The molecule has 0 aliphatic rings. The topological polar surface area (TPSA) is 99.0 Å². The Morgan fingerprint density at radius 3 is 2.69 bits per heavy atom. The normalized spacial score (nSPS) is 10.9. The van der Waals surface area contributed by atoms with E-state index in [2.05, 4.69) is 58.8 Å². The summed E-state index contributed by atoms with van der Waals surface area (Å²) in [6.45, 7) is 4.24. The number of carbonyl (C=O) groups excluding carboxylic acids is 2. The number of thiophene rings is 1. The third-order valence-corrected chi connectivity index (χ3v) is 4.93. The van der Waals surface area contributed by atoms with E-state index in [0.717, 1.165) is 15.9 Å². The van der Waals surface area contributed by atoms with Crippen molar-refractivity contribution in [1.29, 1.82) is 0 Å². The molecule has 0 saturated heterocycles. The van der Waals surface area contributed by atoms with Gasteiger partial charge in [-0.3, -0.25) is 4.79 Å². The van der Waals surface area contributed by atoms with Gasteiger partial charge in [0.15, 0.2) is 13.2 Å². The summed E-state index contributed by atoms with van der Waals surface area (Å²) in [4.78, 5) is 24.9. The first kappa shape index (κ1) is 20.7. The minimum absolute atomic E-state index is 0.202. The molecule has 1 amide bonds. The second kappa shape index (κ2) is 9.92. The minimum Gasteiger partial charge on any atom is -0.454 e. The molecule has 3 rings (SSSR count). The second-order valence-electron chi connectivity index (χ2n) is 6.81. The van der Waals surface area contributed by atoms with Crippen molar-refractivity contribution >= 4 is 23.2 Å². The van der Waals surface area contributed by atoms with E-state index in [9.17, 15) is 9.59 Å². The summed E-state index contributed by atoms with van der Waals surface area (Å²) in [6.07, 6.45) is 0.715. The number of hydrogen-bond acceptors (Lipinski definition) is 7. The highest BCUT2D eigenvalue weighted by Crippen LogP contribution is 2.16. The molecule has 0 radical (unpaired) electrons. The molecule has 0 bridgehead atoms. The van der Waals surface area contributed by atoms with E-state index in [1.54, 1.807) is 0 Å². The van der Waals surface area contributed by atoms with Crippen LogP contribution in [0.25, 0.3) is 11.4 Å². The summed E-state index contributed by atoms with van der Waals surface area (Å²) >= 11 is 1.52. The zero-order valence-electron chi connectivity index (χ0n) is 16.4. The fourth-order valence-electron chi connectivity index (χ4n) is 2.59. The summed E-state index contributed by atoms with van der Waals surface area (Å²) in [7, 11) is 0. The van der Waals surface area contributed by atoms with E-state index < -0.39 is 5.97 Å². The van der Waals surface area contributed by atoms with Crippen LogP contribution in [0.2, 0.25) is 0 Å². The first-order valence-electron chi connectivity index (χ1n) is 9.33. The average molecular weight is 414 g/mol. The number of esters is 1. The summed E-state index contributed by atoms with van der Waals surface area (Å²) in [5.41, 5.74) is 3.27. The standard InChI is InChI=1S/C20H23N5O3S/c1-14(2)16-5-3-15(4-6-16)7-9-21-18(26)12-28-19(27)11-25-23-20(22-24-25)17-8-10-29-13-17/h3-6,8,10,13-14H,7,9,11-12H2,1-2H3,(H,21,26). The van der Waals surface area contributed by atoms with Gasteiger partial charge in [0.2, 0.25) is 5.82 Å². The van der Waals surface area contributed by atoms with Gasteiger partial charge in [0.25, 0.3) is 5.91 Å². The Balaban J connectivity index is 1.35. The molecule has 152 valence electrons. The molecule has 9 heteroatoms. The van der Waals surface area contributed by atoms with Crippen molar-refractivity contribution in [2.75, 3.05) is 13.2 Å². The largest absolute Gasteiger partial charge is 0.454 e. The Morgan fingerprint density at radius 1 is 1.21 bits per heavy atom. The summed E-state index contributed by atoms with van der Waals surface area (Å²) in [5.74, 6) is -0.00652. The van der Waals surface area contributed by atoms with Gasteiger partial charge < -0.3 is 10.1 Å². The lowest BCUT2D eigenvalue weighted by atomic mass is 10.0. The summed E-state index contributed by atoms with van der Waals surface area (Å²) < 4.78 is 4.98. The van der Waals surface area contributed by atoms with Crippen LogP contribution in [0, 0.1) is 0 Å².